The standard InChI is InChI=1S/C13H16N2/c1-9(14)6-11-4-3-5-12-8-15-10(2)7-13(11)12/h3-5,7-9H,6,14H2,1-2H3. The molecule has 1 aromatic carbocycles. The Balaban J connectivity index is 2.58. The van der Waals surface area contributed by atoms with Crippen LogP contribution in [0.1, 0.15) is 18.2 Å². The maximum Gasteiger partial charge on any atom is 0.0379 e. The summed E-state index contributed by atoms with van der Waals surface area (Å²) in [6.45, 7) is 4.05. The third-order valence-electron chi connectivity index (χ3n) is 2.53. The van der Waals surface area contributed by atoms with E-state index in [9.17, 15) is 0 Å². The molecule has 0 saturated heterocycles. The zero-order valence-electron chi connectivity index (χ0n) is 9.20. The Morgan fingerprint density at radius 3 is 2.93 bits per heavy atom. The molecule has 0 saturated carbocycles. The SMILES string of the molecule is Cc1cc2c(CC(C)N)cccc2cn1. The molecular formula is C13H16N2. The number of rotatable bonds is 2. The molecular weight excluding hydrogens is 184 g/mol. The summed E-state index contributed by atoms with van der Waals surface area (Å²) in [6.07, 6.45) is 2.84. The molecule has 15 heavy (non-hydrogen) atoms. The number of benzene rings is 1. The molecule has 1 unspecified atom stereocenters. The largest absolute Gasteiger partial charge is 0.328 e. The topological polar surface area (TPSA) is 38.9 Å². The molecule has 0 aliphatic rings. The molecule has 0 bridgehead atoms. The lowest BCUT2D eigenvalue weighted by Crippen LogP contribution is -2.17. The minimum Gasteiger partial charge on any atom is -0.328 e. The highest BCUT2D eigenvalue weighted by atomic mass is 14.7. The average molecular weight is 200 g/mol. The number of nitrogens with two attached hydrogens (primary N) is 1. The van der Waals surface area contributed by atoms with Crippen LogP contribution in [0, 0.1) is 6.92 Å². The zero-order chi connectivity index (χ0) is 10.8. The first kappa shape index (κ1) is 10.1. The van der Waals surface area contributed by atoms with Gasteiger partial charge in [-0.2, -0.15) is 0 Å². The summed E-state index contributed by atoms with van der Waals surface area (Å²) in [6, 6.07) is 8.63. The molecule has 78 valence electrons. The molecule has 1 aromatic heterocycles. The van der Waals surface area contributed by atoms with Gasteiger partial charge in [-0.1, -0.05) is 18.2 Å². The monoisotopic (exact) mass is 200 g/mol. The van der Waals surface area contributed by atoms with Crippen LogP contribution in [0.15, 0.2) is 30.5 Å². The predicted octanol–water partition coefficient (Wildman–Crippen LogP) is 2.43. The Kier molecular flexibility index (Phi) is 2.69. The summed E-state index contributed by atoms with van der Waals surface area (Å²) < 4.78 is 0. The third kappa shape index (κ3) is 2.16. The highest BCUT2D eigenvalue weighted by molar-refractivity contribution is 5.85. The highest BCUT2D eigenvalue weighted by Crippen LogP contribution is 2.19. The van der Waals surface area contributed by atoms with Crippen LogP contribution in [0.4, 0.5) is 0 Å². The first-order chi connectivity index (χ1) is 7.16. The number of aryl methyl sites for hydroxylation is 1. The number of nitrogens with zero attached hydrogens (tertiary/aromatic N) is 1. The van der Waals surface area contributed by atoms with Crippen molar-refractivity contribution in [3.63, 3.8) is 0 Å². The van der Waals surface area contributed by atoms with Crippen molar-refractivity contribution in [2.75, 3.05) is 0 Å². The summed E-state index contributed by atoms with van der Waals surface area (Å²) in [4.78, 5) is 4.30. The highest BCUT2D eigenvalue weighted by Gasteiger charge is 2.03. The van der Waals surface area contributed by atoms with E-state index in [1.54, 1.807) is 0 Å². The van der Waals surface area contributed by atoms with Crippen molar-refractivity contribution in [2.24, 2.45) is 5.73 Å². The lowest BCUT2D eigenvalue weighted by molar-refractivity contribution is 0.741. The molecule has 2 heteroatoms. The van der Waals surface area contributed by atoms with Crippen molar-refractivity contribution in [1.29, 1.82) is 0 Å². The molecule has 0 radical (unpaired) electrons. The fourth-order valence-corrected chi connectivity index (χ4v) is 1.86. The zero-order valence-corrected chi connectivity index (χ0v) is 9.20. The van der Waals surface area contributed by atoms with E-state index in [0.717, 1.165) is 12.1 Å². The van der Waals surface area contributed by atoms with Gasteiger partial charge in [0.1, 0.15) is 0 Å². The van der Waals surface area contributed by atoms with Crippen molar-refractivity contribution < 1.29 is 0 Å². The lowest BCUT2D eigenvalue weighted by Gasteiger charge is -2.09. The van der Waals surface area contributed by atoms with Gasteiger partial charge in [0.05, 0.1) is 0 Å². The van der Waals surface area contributed by atoms with E-state index in [2.05, 4.69) is 29.2 Å². The van der Waals surface area contributed by atoms with E-state index >= 15 is 0 Å². The number of fused-ring (bicyclic) bond motifs is 1. The van der Waals surface area contributed by atoms with Gasteiger partial charge in [-0.3, -0.25) is 4.98 Å². The van der Waals surface area contributed by atoms with E-state index < -0.39 is 0 Å². The molecule has 0 fully saturated rings. The molecule has 0 spiro atoms. The number of pyridine rings is 1. The maximum absolute atomic E-state index is 5.84. The van der Waals surface area contributed by atoms with Gasteiger partial charge in [0, 0.05) is 23.3 Å². The second-order valence-corrected chi connectivity index (χ2v) is 4.15. The van der Waals surface area contributed by atoms with E-state index in [0.29, 0.717) is 0 Å². The van der Waals surface area contributed by atoms with Crippen molar-refractivity contribution >= 4 is 10.8 Å². The second-order valence-electron chi connectivity index (χ2n) is 4.15. The Labute approximate surface area is 90.1 Å². The molecule has 1 heterocycles. The van der Waals surface area contributed by atoms with Gasteiger partial charge in [0.25, 0.3) is 0 Å². The average Bonchev–Trinajstić information content (AvgIpc) is 2.18. The third-order valence-corrected chi connectivity index (χ3v) is 2.53. The predicted molar refractivity (Wildman–Crippen MR) is 63.8 cm³/mol. The molecule has 2 rings (SSSR count). The minimum absolute atomic E-state index is 0.198. The van der Waals surface area contributed by atoms with E-state index in [-0.39, 0.29) is 6.04 Å². The molecule has 1 atom stereocenters. The molecule has 2 aromatic rings. The van der Waals surface area contributed by atoms with Crippen LogP contribution in [-0.4, -0.2) is 11.0 Å². The summed E-state index contributed by atoms with van der Waals surface area (Å²) in [5.41, 5.74) is 8.21. The maximum atomic E-state index is 5.84. The fourth-order valence-electron chi connectivity index (χ4n) is 1.86. The van der Waals surface area contributed by atoms with Gasteiger partial charge >= 0.3 is 0 Å². The molecule has 0 aliphatic carbocycles. The van der Waals surface area contributed by atoms with E-state index in [1.165, 1.54) is 16.3 Å². The number of hydrogen-bond acceptors (Lipinski definition) is 2. The Bertz CT molecular complexity index is 475. The fraction of sp³-hybridized carbons (Fsp3) is 0.308. The van der Waals surface area contributed by atoms with Crippen LogP contribution in [0.25, 0.3) is 10.8 Å². The van der Waals surface area contributed by atoms with Gasteiger partial charge in [-0.15, -0.1) is 0 Å². The van der Waals surface area contributed by atoms with Gasteiger partial charge in [-0.05, 0) is 37.3 Å². The number of hydrogen-bond donors (Lipinski definition) is 1. The first-order valence-electron chi connectivity index (χ1n) is 5.26. The van der Waals surface area contributed by atoms with Crippen LogP contribution < -0.4 is 5.73 Å². The lowest BCUT2D eigenvalue weighted by atomic mass is 10.0. The second kappa shape index (κ2) is 3.99. The van der Waals surface area contributed by atoms with Crippen LogP contribution in [0.3, 0.4) is 0 Å². The summed E-state index contributed by atoms with van der Waals surface area (Å²) in [5, 5.41) is 2.47. The smallest absolute Gasteiger partial charge is 0.0379 e. The first-order valence-corrected chi connectivity index (χ1v) is 5.26. The normalized spacial score (nSPS) is 13.0. The van der Waals surface area contributed by atoms with Gasteiger partial charge < -0.3 is 5.73 Å². The van der Waals surface area contributed by atoms with Crippen molar-refractivity contribution in [1.82, 2.24) is 4.98 Å². The van der Waals surface area contributed by atoms with Crippen LogP contribution in [0.2, 0.25) is 0 Å². The molecule has 2 nitrogen and oxygen atoms in total. The van der Waals surface area contributed by atoms with Crippen LogP contribution in [0.5, 0.6) is 0 Å². The Morgan fingerprint density at radius 1 is 1.40 bits per heavy atom. The summed E-state index contributed by atoms with van der Waals surface area (Å²) >= 11 is 0. The number of aromatic nitrogens is 1. The van der Waals surface area contributed by atoms with Crippen molar-refractivity contribution in [2.45, 2.75) is 26.3 Å². The minimum atomic E-state index is 0.198. The Morgan fingerprint density at radius 2 is 2.20 bits per heavy atom. The van der Waals surface area contributed by atoms with E-state index in [1.807, 2.05) is 20.0 Å². The molecule has 0 amide bonds. The Hall–Kier alpha value is -1.41. The molecule has 0 aliphatic heterocycles. The van der Waals surface area contributed by atoms with Crippen LogP contribution >= 0.6 is 0 Å². The van der Waals surface area contributed by atoms with Gasteiger partial charge in [0.15, 0.2) is 0 Å². The van der Waals surface area contributed by atoms with Gasteiger partial charge in [-0.25, -0.2) is 0 Å². The van der Waals surface area contributed by atoms with E-state index in [4.69, 9.17) is 5.73 Å². The van der Waals surface area contributed by atoms with Gasteiger partial charge in [0.2, 0.25) is 0 Å². The quantitative estimate of drug-likeness (QED) is 0.808. The molecule has 2 N–H and O–H groups in total. The van der Waals surface area contributed by atoms with Crippen LogP contribution in [-0.2, 0) is 6.42 Å². The van der Waals surface area contributed by atoms with Crippen molar-refractivity contribution in [3.05, 3.63) is 41.7 Å². The summed E-state index contributed by atoms with van der Waals surface area (Å²) in [5.74, 6) is 0. The van der Waals surface area contributed by atoms with Crippen molar-refractivity contribution in [3.8, 4) is 0 Å². The summed E-state index contributed by atoms with van der Waals surface area (Å²) in [7, 11) is 0.